The molecular weight excluding hydrogens is 299 g/mol. The van der Waals surface area contributed by atoms with Crippen molar-refractivity contribution in [1.82, 2.24) is 0 Å². The number of alkyl halides is 3. The zero-order chi connectivity index (χ0) is 14.3. The molecule has 8 heteroatoms. The highest BCUT2D eigenvalue weighted by Crippen LogP contribution is 2.44. The number of hydrogen-bond acceptors (Lipinski definition) is 3. The van der Waals surface area contributed by atoms with Crippen molar-refractivity contribution in [1.29, 1.82) is 0 Å². The van der Waals surface area contributed by atoms with Crippen LogP contribution in [0, 0.1) is 0 Å². The van der Waals surface area contributed by atoms with E-state index in [2.05, 4.69) is 0 Å². The highest BCUT2D eigenvalue weighted by atomic mass is 32.2. The van der Waals surface area contributed by atoms with Crippen LogP contribution in [0.2, 0.25) is 0 Å². The van der Waals surface area contributed by atoms with Crippen molar-refractivity contribution in [3.8, 4) is 11.1 Å². The van der Waals surface area contributed by atoms with Crippen LogP contribution in [-0.2, 0) is 16.2 Å². The quantitative estimate of drug-likeness (QED) is 0.927. The molecule has 2 rings (SSSR count). The number of hydrogen-bond donors (Lipinski definition) is 1. The molecular formula is C11H8F3NO2S2. The van der Waals surface area contributed by atoms with Crippen LogP contribution in [-0.4, -0.2) is 8.42 Å². The minimum absolute atomic E-state index is 0.167. The molecule has 19 heavy (non-hydrogen) atoms. The molecule has 102 valence electrons. The molecule has 0 saturated heterocycles. The normalized spacial score (nSPS) is 12.6. The van der Waals surface area contributed by atoms with E-state index in [0.29, 0.717) is 11.3 Å². The molecule has 3 nitrogen and oxygen atoms in total. The summed E-state index contributed by atoms with van der Waals surface area (Å²) in [6.45, 7) is 0. The van der Waals surface area contributed by atoms with Gasteiger partial charge in [0.1, 0.15) is 9.77 Å². The Hall–Kier alpha value is -1.38. The van der Waals surface area contributed by atoms with Crippen molar-refractivity contribution in [2.24, 2.45) is 5.14 Å². The summed E-state index contributed by atoms with van der Waals surface area (Å²) in [6.07, 6.45) is -4.63. The van der Waals surface area contributed by atoms with E-state index in [-0.39, 0.29) is 11.1 Å². The van der Waals surface area contributed by atoms with Gasteiger partial charge in [-0.25, -0.2) is 13.6 Å². The fraction of sp³-hybridized carbons (Fsp3) is 0.0909. The number of benzene rings is 1. The zero-order valence-corrected chi connectivity index (χ0v) is 10.9. The Balaban J connectivity index is 2.79. The zero-order valence-electron chi connectivity index (χ0n) is 9.31. The van der Waals surface area contributed by atoms with E-state index < -0.39 is 26.0 Å². The maximum Gasteiger partial charge on any atom is 0.426 e. The molecule has 0 unspecified atom stereocenters. The number of nitrogens with two attached hydrogens (primary N) is 1. The number of thiophene rings is 1. The summed E-state index contributed by atoms with van der Waals surface area (Å²) in [7, 11) is -4.21. The SMILES string of the molecule is NS(=O)(=O)c1csc(C(F)(F)F)c1-c1ccccc1. The first-order valence-electron chi connectivity index (χ1n) is 4.98. The number of rotatable bonds is 2. The van der Waals surface area contributed by atoms with Crippen LogP contribution in [0.15, 0.2) is 40.6 Å². The van der Waals surface area contributed by atoms with E-state index >= 15 is 0 Å². The second kappa shape index (κ2) is 4.62. The molecule has 2 N–H and O–H groups in total. The first-order chi connectivity index (χ1) is 8.71. The Morgan fingerprint density at radius 1 is 1.11 bits per heavy atom. The summed E-state index contributed by atoms with van der Waals surface area (Å²) in [4.78, 5) is -1.47. The molecule has 0 bridgehead atoms. The van der Waals surface area contributed by atoms with Gasteiger partial charge in [0, 0.05) is 10.9 Å². The Morgan fingerprint density at radius 3 is 2.16 bits per heavy atom. The van der Waals surface area contributed by atoms with Gasteiger partial charge in [0.2, 0.25) is 10.0 Å². The molecule has 1 aromatic heterocycles. The molecule has 2 aromatic rings. The summed E-state index contributed by atoms with van der Waals surface area (Å²) < 4.78 is 61.5. The van der Waals surface area contributed by atoms with Gasteiger partial charge in [-0.3, -0.25) is 0 Å². The van der Waals surface area contributed by atoms with Gasteiger partial charge in [0.15, 0.2) is 0 Å². The van der Waals surface area contributed by atoms with Crippen LogP contribution < -0.4 is 5.14 Å². The van der Waals surface area contributed by atoms with Crippen LogP contribution in [0.3, 0.4) is 0 Å². The lowest BCUT2D eigenvalue weighted by molar-refractivity contribution is -0.133. The summed E-state index contributed by atoms with van der Waals surface area (Å²) in [6, 6.07) is 7.50. The molecule has 1 heterocycles. The fourth-order valence-corrected chi connectivity index (χ4v) is 3.71. The molecule has 0 aliphatic rings. The molecule has 0 radical (unpaired) electrons. The Labute approximate surface area is 111 Å². The van der Waals surface area contributed by atoms with Gasteiger partial charge >= 0.3 is 6.18 Å². The predicted octanol–water partition coefficient (Wildman–Crippen LogP) is 3.08. The van der Waals surface area contributed by atoms with E-state index in [4.69, 9.17) is 5.14 Å². The summed E-state index contributed by atoms with van der Waals surface area (Å²) in [5.74, 6) is 0. The van der Waals surface area contributed by atoms with Crippen molar-refractivity contribution < 1.29 is 21.6 Å². The van der Waals surface area contributed by atoms with Gasteiger partial charge < -0.3 is 0 Å². The van der Waals surface area contributed by atoms with Crippen molar-refractivity contribution in [2.75, 3.05) is 0 Å². The first kappa shape index (κ1) is 14.0. The Bertz CT molecular complexity index is 690. The smallest absolute Gasteiger partial charge is 0.225 e. The molecule has 0 spiro atoms. The van der Waals surface area contributed by atoms with Crippen molar-refractivity contribution in [2.45, 2.75) is 11.1 Å². The maximum absolute atomic E-state index is 12.9. The van der Waals surface area contributed by atoms with Crippen LogP contribution in [0.1, 0.15) is 4.88 Å². The Morgan fingerprint density at radius 2 is 1.68 bits per heavy atom. The second-order valence-corrected chi connectivity index (χ2v) is 6.12. The molecule has 0 amide bonds. The Kier molecular flexibility index (Phi) is 3.41. The molecule has 0 atom stereocenters. The first-order valence-corrected chi connectivity index (χ1v) is 7.41. The van der Waals surface area contributed by atoms with Crippen molar-refractivity contribution in [3.05, 3.63) is 40.6 Å². The highest BCUT2D eigenvalue weighted by Gasteiger charge is 2.38. The third kappa shape index (κ3) is 2.80. The molecule has 0 aliphatic carbocycles. The van der Waals surface area contributed by atoms with E-state index in [1.54, 1.807) is 6.07 Å². The van der Waals surface area contributed by atoms with Crippen LogP contribution >= 0.6 is 11.3 Å². The van der Waals surface area contributed by atoms with Gasteiger partial charge in [0.05, 0.1) is 0 Å². The number of halogens is 3. The van der Waals surface area contributed by atoms with Gasteiger partial charge in [-0.15, -0.1) is 11.3 Å². The third-order valence-corrected chi connectivity index (χ3v) is 4.49. The molecule has 0 fully saturated rings. The molecule has 1 aromatic carbocycles. The second-order valence-electron chi connectivity index (χ2n) is 3.71. The number of sulfonamides is 1. The van der Waals surface area contributed by atoms with E-state index in [1.165, 1.54) is 24.3 Å². The lowest BCUT2D eigenvalue weighted by Crippen LogP contribution is -2.13. The van der Waals surface area contributed by atoms with E-state index in [0.717, 1.165) is 5.38 Å². The van der Waals surface area contributed by atoms with E-state index in [1.807, 2.05) is 0 Å². The van der Waals surface area contributed by atoms with Gasteiger partial charge in [-0.2, -0.15) is 13.2 Å². The lowest BCUT2D eigenvalue weighted by Gasteiger charge is -2.09. The summed E-state index contributed by atoms with van der Waals surface area (Å²) in [5.41, 5.74) is -0.222. The fourth-order valence-electron chi connectivity index (χ4n) is 1.64. The molecule has 0 saturated carbocycles. The minimum Gasteiger partial charge on any atom is -0.225 e. The standard InChI is InChI=1S/C11H8F3NO2S2/c12-11(13,14)10-9(7-4-2-1-3-5-7)8(6-18-10)19(15,16)17/h1-6H,(H2,15,16,17). The van der Waals surface area contributed by atoms with Crippen LogP contribution in [0.5, 0.6) is 0 Å². The van der Waals surface area contributed by atoms with Crippen LogP contribution in [0.4, 0.5) is 13.2 Å². The molecule has 0 aliphatic heterocycles. The van der Waals surface area contributed by atoms with Gasteiger partial charge in [-0.05, 0) is 5.56 Å². The third-order valence-electron chi connectivity index (χ3n) is 2.38. The average Bonchev–Trinajstić information content (AvgIpc) is 2.73. The largest absolute Gasteiger partial charge is 0.426 e. The van der Waals surface area contributed by atoms with Crippen LogP contribution in [0.25, 0.3) is 11.1 Å². The summed E-state index contributed by atoms with van der Waals surface area (Å²) in [5, 5.41) is 5.88. The maximum atomic E-state index is 12.9. The van der Waals surface area contributed by atoms with E-state index in [9.17, 15) is 21.6 Å². The van der Waals surface area contributed by atoms with Gasteiger partial charge in [-0.1, -0.05) is 30.3 Å². The van der Waals surface area contributed by atoms with Gasteiger partial charge in [0.25, 0.3) is 0 Å². The topological polar surface area (TPSA) is 60.2 Å². The predicted molar refractivity (Wildman–Crippen MR) is 66.1 cm³/mol. The highest BCUT2D eigenvalue weighted by molar-refractivity contribution is 7.89. The number of primary sulfonamides is 1. The van der Waals surface area contributed by atoms with Crippen molar-refractivity contribution in [3.63, 3.8) is 0 Å². The summed E-state index contributed by atoms with van der Waals surface area (Å²) >= 11 is 0.321. The minimum atomic E-state index is -4.63. The lowest BCUT2D eigenvalue weighted by atomic mass is 10.1. The average molecular weight is 307 g/mol. The van der Waals surface area contributed by atoms with Crippen molar-refractivity contribution >= 4 is 21.4 Å². The monoisotopic (exact) mass is 307 g/mol.